The van der Waals surface area contributed by atoms with Crippen LogP contribution in [0.15, 0.2) is 48.5 Å². The highest BCUT2D eigenvalue weighted by atomic mass is 32.2. The van der Waals surface area contributed by atoms with E-state index in [-0.39, 0.29) is 11.9 Å². The van der Waals surface area contributed by atoms with Crippen molar-refractivity contribution in [1.29, 1.82) is 0 Å². The molecule has 178 valence electrons. The second-order valence-electron chi connectivity index (χ2n) is 8.33. The summed E-state index contributed by atoms with van der Waals surface area (Å²) in [6.45, 7) is 1.61. The molecule has 1 saturated carbocycles. The van der Waals surface area contributed by atoms with Crippen LogP contribution in [0.4, 0.5) is 11.4 Å². The highest BCUT2D eigenvalue weighted by molar-refractivity contribution is 7.92. The van der Waals surface area contributed by atoms with Crippen molar-refractivity contribution in [3.05, 3.63) is 54.1 Å². The van der Waals surface area contributed by atoms with Crippen LogP contribution in [0.3, 0.4) is 0 Å². The fourth-order valence-electron chi connectivity index (χ4n) is 3.72. The lowest BCUT2D eigenvalue weighted by Crippen LogP contribution is -2.37. The van der Waals surface area contributed by atoms with Gasteiger partial charge in [-0.2, -0.15) is 0 Å². The zero-order chi connectivity index (χ0) is 24.0. The van der Waals surface area contributed by atoms with Crippen LogP contribution in [-0.2, 0) is 14.8 Å². The number of para-hydroxylation sites is 1. The zero-order valence-electron chi connectivity index (χ0n) is 19.2. The number of rotatable bonds is 8. The third-order valence-electron chi connectivity index (χ3n) is 5.75. The summed E-state index contributed by atoms with van der Waals surface area (Å²) in [6.07, 6.45) is 5.67. The fraction of sp³-hybridized carbons (Fsp3) is 0.417. The van der Waals surface area contributed by atoms with Crippen LogP contribution in [-0.4, -0.2) is 45.7 Å². The Morgan fingerprint density at radius 3 is 2.30 bits per heavy atom. The molecule has 0 radical (unpaired) electrons. The minimum absolute atomic E-state index is 0.168. The SMILES string of the molecule is CC(Oc1ccc(N(C)S(C)(=O)=O)cc1)C(=O)Nc1ccccc1C(=O)NC1CCCCC1. The maximum Gasteiger partial charge on any atom is 0.265 e. The van der Waals surface area contributed by atoms with Crippen LogP contribution in [0.2, 0.25) is 0 Å². The van der Waals surface area contributed by atoms with Gasteiger partial charge in [-0.25, -0.2) is 8.42 Å². The van der Waals surface area contributed by atoms with E-state index in [1.54, 1.807) is 55.5 Å². The van der Waals surface area contributed by atoms with Gasteiger partial charge in [-0.3, -0.25) is 13.9 Å². The summed E-state index contributed by atoms with van der Waals surface area (Å²) in [4.78, 5) is 25.5. The molecule has 0 spiro atoms. The van der Waals surface area contributed by atoms with Gasteiger partial charge in [0.2, 0.25) is 10.0 Å². The first-order valence-corrected chi connectivity index (χ1v) is 12.9. The van der Waals surface area contributed by atoms with Crippen LogP contribution in [0.25, 0.3) is 0 Å². The van der Waals surface area contributed by atoms with Crippen molar-refractivity contribution < 1.29 is 22.7 Å². The molecule has 0 heterocycles. The van der Waals surface area contributed by atoms with E-state index in [4.69, 9.17) is 4.74 Å². The van der Waals surface area contributed by atoms with Gasteiger partial charge in [0.15, 0.2) is 6.10 Å². The van der Waals surface area contributed by atoms with Crippen LogP contribution in [0.1, 0.15) is 49.4 Å². The first kappa shape index (κ1) is 24.6. The third kappa shape index (κ3) is 6.71. The van der Waals surface area contributed by atoms with E-state index in [1.165, 1.54) is 13.5 Å². The van der Waals surface area contributed by atoms with Gasteiger partial charge < -0.3 is 15.4 Å². The van der Waals surface area contributed by atoms with Gasteiger partial charge in [-0.05, 0) is 56.2 Å². The highest BCUT2D eigenvalue weighted by Crippen LogP contribution is 2.23. The molecule has 2 N–H and O–H groups in total. The molecule has 2 aromatic carbocycles. The fourth-order valence-corrected chi connectivity index (χ4v) is 4.22. The lowest BCUT2D eigenvalue weighted by Gasteiger charge is -2.23. The number of nitrogens with one attached hydrogen (secondary N) is 2. The van der Waals surface area contributed by atoms with E-state index in [0.29, 0.717) is 22.7 Å². The molecule has 1 atom stereocenters. The molecule has 2 aromatic rings. The van der Waals surface area contributed by atoms with Crippen molar-refractivity contribution in [2.75, 3.05) is 22.9 Å². The number of carbonyl (C=O) groups is 2. The average Bonchev–Trinajstić information content (AvgIpc) is 2.79. The third-order valence-corrected chi connectivity index (χ3v) is 6.96. The Balaban J connectivity index is 1.62. The normalized spacial score (nSPS) is 15.4. The molecule has 0 aromatic heterocycles. The van der Waals surface area contributed by atoms with E-state index in [2.05, 4.69) is 10.6 Å². The van der Waals surface area contributed by atoms with Crippen LogP contribution in [0.5, 0.6) is 5.75 Å². The van der Waals surface area contributed by atoms with Crippen molar-refractivity contribution in [3.63, 3.8) is 0 Å². The van der Waals surface area contributed by atoms with Crippen molar-refractivity contribution in [1.82, 2.24) is 5.32 Å². The summed E-state index contributed by atoms with van der Waals surface area (Å²) >= 11 is 0. The summed E-state index contributed by atoms with van der Waals surface area (Å²) in [5.74, 6) is -0.172. The minimum atomic E-state index is -3.36. The van der Waals surface area contributed by atoms with Gasteiger partial charge in [0.05, 0.1) is 23.2 Å². The number of hydrogen-bond donors (Lipinski definition) is 2. The molecule has 0 bridgehead atoms. The van der Waals surface area contributed by atoms with Gasteiger partial charge in [0.1, 0.15) is 5.75 Å². The Labute approximate surface area is 195 Å². The maximum absolute atomic E-state index is 12.8. The summed E-state index contributed by atoms with van der Waals surface area (Å²) in [6, 6.07) is 13.5. The van der Waals surface area contributed by atoms with Crippen LogP contribution < -0.4 is 19.7 Å². The molecule has 1 fully saturated rings. The smallest absolute Gasteiger partial charge is 0.265 e. The number of sulfonamides is 1. The summed E-state index contributed by atoms with van der Waals surface area (Å²) in [5, 5.41) is 5.86. The van der Waals surface area contributed by atoms with Gasteiger partial charge in [0.25, 0.3) is 11.8 Å². The topological polar surface area (TPSA) is 105 Å². The highest BCUT2D eigenvalue weighted by Gasteiger charge is 2.21. The number of amides is 2. The minimum Gasteiger partial charge on any atom is -0.481 e. The van der Waals surface area contributed by atoms with Crippen molar-refractivity contribution in [3.8, 4) is 5.75 Å². The monoisotopic (exact) mass is 473 g/mol. The lowest BCUT2D eigenvalue weighted by molar-refractivity contribution is -0.122. The predicted molar refractivity (Wildman–Crippen MR) is 129 cm³/mol. The molecule has 9 heteroatoms. The molecule has 0 saturated heterocycles. The molecular formula is C24H31N3O5S. The number of anilines is 2. The molecule has 3 rings (SSSR count). The summed E-state index contributed by atoms with van der Waals surface area (Å²) in [5.41, 5.74) is 1.33. The number of benzene rings is 2. The first-order chi connectivity index (χ1) is 15.6. The predicted octanol–water partition coefficient (Wildman–Crippen LogP) is 3.55. The molecule has 0 aliphatic heterocycles. The van der Waals surface area contributed by atoms with Crippen LogP contribution in [0, 0.1) is 0 Å². The molecule has 2 amide bonds. The van der Waals surface area contributed by atoms with E-state index in [1.807, 2.05) is 0 Å². The van der Waals surface area contributed by atoms with Gasteiger partial charge >= 0.3 is 0 Å². The number of carbonyl (C=O) groups excluding carboxylic acids is 2. The number of hydrogen-bond acceptors (Lipinski definition) is 5. The second-order valence-corrected chi connectivity index (χ2v) is 10.3. The van der Waals surface area contributed by atoms with E-state index in [9.17, 15) is 18.0 Å². The van der Waals surface area contributed by atoms with E-state index in [0.717, 1.165) is 36.2 Å². The number of ether oxygens (including phenoxy) is 1. The molecular weight excluding hydrogens is 442 g/mol. The zero-order valence-corrected chi connectivity index (χ0v) is 20.0. The quantitative estimate of drug-likeness (QED) is 0.610. The van der Waals surface area contributed by atoms with Gasteiger partial charge in [-0.1, -0.05) is 31.4 Å². The Kier molecular flexibility index (Phi) is 7.97. The molecule has 1 aliphatic rings. The Bertz CT molecular complexity index is 1080. The summed E-state index contributed by atoms with van der Waals surface area (Å²) < 4.78 is 30.2. The van der Waals surface area contributed by atoms with E-state index < -0.39 is 22.0 Å². The summed E-state index contributed by atoms with van der Waals surface area (Å²) in [7, 11) is -1.90. The molecule has 33 heavy (non-hydrogen) atoms. The van der Waals surface area contributed by atoms with Gasteiger partial charge in [-0.15, -0.1) is 0 Å². The Hall–Kier alpha value is -3.07. The van der Waals surface area contributed by atoms with Crippen molar-refractivity contribution in [2.24, 2.45) is 0 Å². The van der Waals surface area contributed by atoms with Crippen LogP contribution >= 0.6 is 0 Å². The van der Waals surface area contributed by atoms with Gasteiger partial charge in [0, 0.05) is 13.1 Å². The van der Waals surface area contributed by atoms with E-state index >= 15 is 0 Å². The standard InChI is InChI=1S/C24H31N3O5S/c1-17(32-20-15-13-19(14-16-20)27(2)33(3,30)31)23(28)26-22-12-8-7-11-21(22)24(29)25-18-9-5-4-6-10-18/h7-8,11-18H,4-6,9-10H2,1-3H3,(H,25,29)(H,26,28). The number of nitrogens with zero attached hydrogens (tertiary/aromatic N) is 1. The molecule has 1 unspecified atom stereocenters. The Morgan fingerprint density at radius 2 is 1.67 bits per heavy atom. The Morgan fingerprint density at radius 1 is 1.03 bits per heavy atom. The molecule has 1 aliphatic carbocycles. The average molecular weight is 474 g/mol. The van der Waals surface area contributed by atoms with Crippen molar-refractivity contribution in [2.45, 2.75) is 51.2 Å². The van der Waals surface area contributed by atoms with Crippen molar-refractivity contribution >= 4 is 33.2 Å². The maximum atomic E-state index is 12.8. The second kappa shape index (κ2) is 10.7. The molecule has 8 nitrogen and oxygen atoms in total. The largest absolute Gasteiger partial charge is 0.481 e. The first-order valence-electron chi connectivity index (χ1n) is 11.1. The lowest BCUT2D eigenvalue weighted by atomic mass is 9.95.